The number of benzene rings is 3. The van der Waals surface area contributed by atoms with Crippen molar-refractivity contribution in [1.29, 1.82) is 5.26 Å². The highest BCUT2D eigenvalue weighted by Gasteiger charge is 2.38. The number of anilines is 1. The van der Waals surface area contributed by atoms with E-state index in [1.54, 1.807) is 11.3 Å². The van der Waals surface area contributed by atoms with Crippen LogP contribution in [-0.2, 0) is 0 Å². The number of hydrogen-bond acceptors (Lipinski definition) is 5. The Kier molecular flexibility index (Phi) is 4.89. The third-order valence-electron chi connectivity index (χ3n) is 6.70. The summed E-state index contributed by atoms with van der Waals surface area (Å²) in [6.07, 6.45) is 5.74. The summed E-state index contributed by atoms with van der Waals surface area (Å²) >= 11 is 1.76. The molecule has 0 amide bonds. The number of ether oxygens (including phenoxy) is 1. The van der Waals surface area contributed by atoms with E-state index in [4.69, 9.17) is 15.0 Å². The predicted molar refractivity (Wildman–Crippen MR) is 134 cm³/mol. The van der Waals surface area contributed by atoms with Gasteiger partial charge >= 0.3 is 0 Å². The van der Waals surface area contributed by atoms with Crippen molar-refractivity contribution >= 4 is 27.2 Å². The first-order valence-electron chi connectivity index (χ1n) is 11.2. The van der Waals surface area contributed by atoms with Crippen molar-refractivity contribution in [3.05, 3.63) is 89.5 Å². The highest BCUT2D eigenvalue weighted by Crippen LogP contribution is 2.50. The Morgan fingerprint density at radius 1 is 1.12 bits per heavy atom. The van der Waals surface area contributed by atoms with Crippen LogP contribution >= 0.6 is 11.3 Å². The summed E-state index contributed by atoms with van der Waals surface area (Å²) in [5.41, 5.74) is 7.31. The lowest BCUT2D eigenvalue weighted by Gasteiger charge is -2.37. The van der Waals surface area contributed by atoms with E-state index in [2.05, 4.69) is 72.9 Å². The first-order valence-corrected chi connectivity index (χ1v) is 12.1. The number of nitriles is 1. The van der Waals surface area contributed by atoms with Crippen molar-refractivity contribution in [2.75, 3.05) is 11.9 Å². The van der Waals surface area contributed by atoms with Crippen LogP contribution in [0.25, 0.3) is 20.8 Å². The minimum atomic E-state index is 0.0691. The van der Waals surface area contributed by atoms with Gasteiger partial charge in [-0.15, -0.1) is 11.3 Å². The van der Waals surface area contributed by atoms with Gasteiger partial charge in [0.05, 0.1) is 16.3 Å². The highest BCUT2D eigenvalue weighted by molar-refractivity contribution is 7.21. The van der Waals surface area contributed by atoms with Crippen molar-refractivity contribution in [3.8, 4) is 22.4 Å². The summed E-state index contributed by atoms with van der Waals surface area (Å²) < 4.78 is 6.66. The number of aromatic nitrogens is 1. The molecule has 6 rings (SSSR count). The molecule has 1 aliphatic heterocycles. The molecule has 0 bridgehead atoms. The van der Waals surface area contributed by atoms with Gasteiger partial charge in [-0.25, -0.2) is 4.98 Å². The van der Waals surface area contributed by atoms with Gasteiger partial charge < -0.3 is 10.1 Å². The van der Waals surface area contributed by atoms with Gasteiger partial charge in [-0.1, -0.05) is 30.4 Å². The summed E-state index contributed by atoms with van der Waals surface area (Å²) in [6, 6.07) is 23.6. The molecule has 3 aromatic carbocycles. The van der Waals surface area contributed by atoms with E-state index in [-0.39, 0.29) is 12.6 Å². The maximum atomic E-state index is 8.73. The lowest BCUT2D eigenvalue weighted by molar-refractivity contribution is 0.367. The van der Waals surface area contributed by atoms with Crippen LogP contribution in [0.15, 0.2) is 72.8 Å². The maximum absolute atomic E-state index is 8.73. The highest BCUT2D eigenvalue weighted by atomic mass is 32.1. The molecule has 5 heteroatoms. The molecule has 3 atom stereocenters. The van der Waals surface area contributed by atoms with Crippen LogP contribution in [-0.4, -0.2) is 11.6 Å². The second-order valence-corrected chi connectivity index (χ2v) is 9.81. The van der Waals surface area contributed by atoms with Crippen molar-refractivity contribution < 1.29 is 4.74 Å². The lowest BCUT2D eigenvalue weighted by Crippen LogP contribution is -2.29. The number of fused-ring (bicyclic) bond motifs is 4. The molecule has 1 aromatic heterocycles. The van der Waals surface area contributed by atoms with E-state index in [1.807, 2.05) is 18.2 Å². The Morgan fingerprint density at radius 2 is 2.00 bits per heavy atom. The Balaban J connectivity index is 1.33. The fourth-order valence-electron chi connectivity index (χ4n) is 5.10. The second-order valence-electron chi connectivity index (χ2n) is 8.78. The molecule has 0 fully saturated rings. The molecule has 33 heavy (non-hydrogen) atoms. The van der Waals surface area contributed by atoms with E-state index in [0.717, 1.165) is 22.7 Å². The lowest BCUT2D eigenvalue weighted by atomic mass is 9.76. The van der Waals surface area contributed by atoms with Gasteiger partial charge in [0.1, 0.15) is 16.8 Å². The average molecular weight is 450 g/mol. The van der Waals surface area contributed by atoms with Crippen LogP contribution in [0.2, 0.25) is 0 Å². The molecule has 2 heterocycles. The number of hydrogen-bond donors (Lipinski definition) is 1. The Labute approximate surface area is 197 Å². The number of rotatable bonds is 4. The maximum Gasteiger partial charge on any atom is 0.174 e. The molecule has 1 aliphatic carbocycles. The van der Waals surface area contributed by atoms with Crippen molar-refractivity contribution in [1.82, 2.24) is 4.98 Å². The molecular formula is C28H23N3OS. The molecule has 0 spiro atoms. The molecule has 0 unspecified atom stereocenters. The molecule has 4 nitrogen and oxygen atoms in total. The van der Waals surface area contributed by atoms with Crippen LogP contribution in [0, 0.1) is 24.2 Å². The van der Waals surface area contributed by atoms with E-state index < -0.39 is 0 Å². The molecule has 0 saturated heterocycles. The topological polar surface area (TPSA) is 57.9 Å². The minimum absolute atomic E-state index is 0.0691. The summed E-state index contributed by atoms with van der Waals surface area (Å²) in [4.78, 5) is 4.90. The Hall–Kier alpha value is -3.62. The van der Waals surface area contributed by atoms with E-state index >= 15 is 0 Å². The zero-order chi connectivity index (χ0) is 22.4. The molecule has 1 N–H and O–H groups in total. The van der Waals surface area contributed by atoms with E-state index in [1.165, 1.54) is 32.6 Å². The number of allylic oxidation sites excluding steroid dienone is 2. The number of nitrogens with one attached hydrogen (secondary N) is 1. The second kappa shape index (κ2) is 8.06. The van der Waals surface area contributed by atoms with Crippen molar-refractivity contribution in [2.45, 2.75) is 25.3 Å². The first kappa shape index (κ1) is 20.0. The average Bonchev–Trinajstić information content (AvgIpc) is 3.50. The molecular weight excluding hydrogens is 426 g/mol. The van der Waals surface area contributed by atoms with Gasteiger partial charge in [0, 0.05) is 17.2 Å². The largest absolute Gasteiger partial charge is 0.479 e. The van der Waals surface area contributed by atoms with Gasteiger partial charge in [-0.05, 0) is 78.4 Å². The van der Waals surface area contributed by atoms with Gasteiger partial charge in [0.2, 0.25) is 0 Å². The predicted octanol–water partition coefficient (Wildman–Crippen LogP) is 7.00. The third-order valence-corrected chi connectivity index (χ3v) is 7.76. The fraction of sp³-hybridized carbons (Fsp3) is 0.214. The van der Waals surface area contributed by atoms with Gasteiger partial charge in [-0.2, -0.15) is 5.26 Å². The van der Waals surface area contributed by atoms with E-state index in [0.29, 0.717) is 11.8 Å². The first-order chi connectivity index (χ1) is 16.2. The third kappa shape index (κ3) is 3.57. The Bertz CT molecular complexity index is 1410. The molecule has 0 saturated carbocycles. The monoisotopic (exact) mass is 449 g/mol. The number of nitrogens with zero attached hydrogens (tertiary/aromatic N) is 2. The minimum Gasteiger partial charge on any atom is -0.479 e. The van der Waals surface area contributed by atoms with Crippen molar-refractivity contribution in [2.24, 2.45) is 5.92 Å². The van der Waals surface area contributed by atoms with Gasteiger partial charge in [-0.3, -0.25) is 0 Å². The zero-order valence-electron chi connectivity index (χ0n) is 18.3. The van der Waals surface area contributed by atoms with Crippen LogP contribution < -0.4 is 10.1 Å². The van der Waals surface area contributed by atoms with Crippen LogP contribution in [0.1, 0.15) is 35.1 Å². The summed E-state index contributed by atoms with van der Waals surface area (Å²) in [5.74, 6) is 1.59. The van der Waals surface area contributed by atoms with Crippen LogP contribution in [0.3, 0.4) is 0 Å². The fourth-order valence-corrected chi connectivity index (χ4v) is 6.16. The zero-order valence-corrected chi connectivity index (χ0v) is 19.1. The smallest absolute Gasteiger partial charge is 0.174 e. The molecule has 162 valence electrons. The van der Waals surface area contributed by atoms with Gasteiger partial charge in [0.15, 0.2) is 6.61 Å². The van der Waals surface area contributed by atoms with Crippen molar-refractivity contribution in [3.63, 3.8) is 0 Å². The van der Waals surface area contributed by atoms with Crippen LogP contribution in [0.4, 0.5) is 5.69 Å². The molecule has 2 aliphatic rings. The summed E-state index contributed by atoms with van der Waals surface area (Å²) in [7, 11) is 0. The standard InChI is InChI=1S/C28H23N3OS/c1-17-5-11-25-26(15-17)33-28(31-25)19-8-12-24-23(16-19)21-3-2-4-22(21)27(30-24)18-6-9-20(10-7-18)32-14-13-29/h2-3,5-12,15-16,21-22,27,30H,4,14H2,1H3/t21-,22+,27+/m1/s1. The van der Waals surface area contributed by atoms with Crippen LogP contribution in [0.5, 0.6) is 5.75 Å². The molecule has 0 radical (unpaired) electrons. The normalized spacial score (nSPS) is 20.7. The Morgan fingerprint density at radius 3 is 2.85 bits per heavy atom. The molecule has 4 aromatic rings. The quantitative estimate of drug-likeness (QED) is 0.341. The number of aryl methyl sites for hydroxylation is 1. The van der Waals surface area contributed by atoms with Gasteiger partial charge in [0.25, 0.3) is 0 Å². The number of thiazole rings is 1. The summed E-state index contributed by atoms with van der Waals surface area (Å²) in [5, 5.41) is 13.6. The summed E-state index contributed by atoms with van der Waals surface area (Å²) in [6.45, 7) is 2.19. The van der Waals surface area contributed by atoms with E-state index in [9.17, 15) is 0 Å². The SMILES string of the molecule is Cc1ccc2nc(-c3ccc4c(c3)[C@@H]3C=CC[C@@H]3[C@H](c3ccc(OCC#N)cc3)N4)sc2c1.